The van der Waals surface area contributed by atoms with Crippen LogP contribution in [0.25, 0.3) is 22.1 Å². The van der Waals surface area contributed by atoms with Crippen molar-refractivity contribution in [3.05, 3.63) is 52.4 Å². The molecule has 29 heavy (non-hydrogen) atoms. The molecule has 1 N–H and O–H groups in total. The van der Waals surface area contributed by atoms with Crippen molar-refractivity contribution in [1.29, 1.82) is 0 Å². The molecule has 1 aliphatic rings. The SMILES string of the molecule is COc1ccc(-c2coc3c4c(cc(O)c3c2=O)OC(=O)C[C@H]4CC(C)C)cc1. The van der Waals surface area contributed by atoms with Crippen molar-refractivity contribution in [2.75, 3.05) is 7.11 Å². The summed E-state index contributed by atoms with van der Waals surface area (Å²) in [7, 11) is 1.57. The lowest BCUT2D eigenvalue weighted by molar-refractivity contribution is -0.136. The van der Waals surface area contributed by atoms with E-state index in [1.165, 1.54) is 12.3 Å². The average Bonchev–Trinajstić information content (AvgIpc) is 2.67. The van der Waals surface area contributed by atoms with Gasteiger partial charge in [0.15, 0.2) is 0 Å². The van der Waals surface area contributed by atoms with Crippen molar-refractivity contribution in [1.82, 2.24) is 0 Å². The van der Waals surface area contributed by atoms with Gasteiger partial charge in [-0.15, -0.1) is 0 Å². The van der Waals surface area contributed by atoms with Crippen molar-refractivity contribution in [3.63, 3.8) is 0 Å². The molecule has 1 aromatic heterocycles. The summed E-state index contributed by atoms with van der Waals surface area (Å²) in [6.07, 6.45) is 2.36. The third-order valence-corrected chi connectivity index (χ3v) is 5.23. The molecule has 6 heteroatoms. The highest BCUT2D eigenvalue weighted by Gasteiger charge is 2.32. The number of rotatable bonds is 4. The van der Waals surface area contributed by atoms with Gasteiger partial charge >= 0.3 is 5.97 Å². The Morgan fingerprint density at radius 1 is 1.21 bits per heavy atom. The molecule has 2 aromatic carbocycles. The molecule has 1 atom stereocenters. The number of ether oxygens (including phenoxy) is 2. The summed E-state index contributed by atoms with van der Waals surface area (Å²) in [5, 5.41) is 10.6. The fourth-order valence-electron chi connectivity index (χ4n) is 3.96. The number of methoxy groups -OCH3 is 1. The predicted octanol–water partition coefficient (Wildman–Crippen LogP) is 4.61. The zero-order valence-corrected chi connectivity index (χ0v) is 16.5. The number of aromatic hydroxyl groups is 1. The van der Waals surface area contributed by atoms with E-state index >= 15 is 0 Å². The first-order chi connectivity index (χ1) is 13.9. The van der Waals surface area contributed by atoms with Gasteiger partial charge in [-0.3, -0.25) is 9.59 Å². The molecule has 4 rings (SSSR count). The molecule has 0 saturated heterocycles. The molecule has 2 heterocycles. The Hall–Kier alpha value is -3.28. The minimum atomic E-state index is -0.348. The van der Waals surface area contributed by atoms with Crippen LogP contribution in [0.4, 0.5) is 0 Å². The number of carbonyl (C=O) groups is 1. The van der Waals surface area contributed by atoms with E-state index in [9.17, 15) is 14.7 Å². The first-order valence-corrected chi connectivity index (χ1v) is 9.55. The number of phenols is 1. The van der Waals surface area contributed by atoms with E-state index in [4.69, 9.17) is 13.9 Å². The highest BCUT2D eigenvalue weighted by atomic mass is 16.5. The number of benzene rings is 2. The summed E-state index contributed by atoms with van der Waals surface area (Å²) in [6, 6.07) is 8.37. The molecule has 0 saturated carbocycles. The molecule has 1 aliphatic heterocycles. The van der Waals surface area contributed by atoms with E-state index in [0.29, 0.717) is 28.4 Å². The van der Waals surface area contributed by atoms with Gasteiger partial charge < -0.3 is 19.0 Å². The fourth-order valence-corrected chi connectivity index (χ4v) is 3.96. The summed E-state index contributed by atoms with van der Waals surface area (Å²) in [4.78, 5) is 25.2. The zero-order valence-electron chi connectivity index (χ0n) is 16.5. The molecule has 150 valence electrons. The van der Waals surface area contributed by atoms with Crippen LogP contribution in [-0.2, 0) is 4.79 Å². The number of hydrogen-bond acceptors (Lipinski definition) is 6. The topological polar surface area (TPSA) is 86.0 Å². The molecule has 6 nitrogen and oxygen atoms in total. The Labute approximate surface area is 167 Å². The van der Waals surface area contributed by atoms with Crippen LogP contribution in [0.1, 0.15) is 38.2 Å². The van der Waals surface area contributed by atoms with Gasteiger partial charge in [0, 0.05) is 17.5 Å². The van der Waals surface area contributed by atoms with E-state index in [1.807, 2.05) is 0 Å². The van der Waals surface area contributed by atoms with Gasteiger partial charge in [0.25, 0.3) is 0 Å². The third-order valence-electron chi connectivity index (χ3n) is 5.23. The smallest absolute Gasteiger partial charge is 0.311 e. The Morgan fingerprint density at radius 3 is 2.59 bits per heavy atom. The van der Waals surface area contributed by atoms with Gasteiger partial charge in [0.05, 0.1) is 19.1 Å². The normalized spacial score (nSPS) is 16.0. The van der Waals surface area contributed by atoms with Crippen molar-refractivity contribution < 1.29 is 23.8 Å². The van der Waals surface area contributed by atoms with E-state index < -0.39 is 0 Å². The number of phenolic OH excluding ortho intramolecular Hbond substituents is 1. The minimum Gasteiger partial charge on any atom is -0.507 e. The van der Waals surface area contributed by atoms with Gasteiger partial charge in [-0.25, -0.2) is 0 Å². The average molecular weight is 394 g/mol. The largest absolute Gasteiger partial charge is 0.507 e. The highest BCUT2D eigenvalue weighted by Crippen LogP contribution is 2.45. The van der Waals surface area contributed by atoms with Gasteiger partial charge in [0.2, 0.25) is 5.43 Å². The van der Waals surface area contributed by atoms with Crippen molar-refractivity contribution in [2.45, 2.75) is 32.6 Å². The quantitative estimate of drug-likeness (QED) is 0.514. The van der Waals surface area contributed by atoms with Crippen molar-refractivity contribution in [3.8, 4) is 28.4 Å². The molecule has 0 bridgehead atoms. The van der Waals surface area contributed by atoms with Crippen LogP contribution >= 0.6 is 0 Å². The molecule has 0 aliphatic carbocycles. The maximum absolute atomic E-state index is 13.2. The zero-order chi connectivity index (χ0) is 20.7. The van der Waals surface area contributed by atoms with Gasteiger partial charge in [-0.2, -0.15) is 0 Å². The van der Waals surface area contributed by atoms with Crippen molar-refractivity contribution in [2.24, 2.45) is 5.92 Å². The van der Waals surface area contributed by atoms with E-state index in [1.54, 1.807) is 31.4 Å². The first kappa shape index (κ1) is 19.1. The second-order valence-electron chi connectivity index (χ2n) is 7.72. The number of fused-ring (bicyclic) bond motifs is 3. The van der Waals surface area contributed by atoms with Crippen LogP contribution in [0.3, 0.4) is 0 Å². The van der Waals surface area contributed by atoms with Gasteiger partial charge in [-0.05, 0) is 30.0 Å². The molecular weight excluding hydrogens is 372 g/mol. The lowest BCUT2D eigenvalue weighted by atomic mass is 9.84. The van der Waals surface area contributed by atoms with Crippen molar-refractivity contribution >= 4 is 16.9 Å². The number of carbonyl (C=O) groups excluding carboxylic acids is 1. The minimum absolute atomic E-state index is 0.101. The lowest BCUT2D eigenvalue weighted by Crippen LogP contribution is -2.22. The van der Waals surface area contributed by atoms with E-state index in [0.717, 1.165) is 6.42 Å². The predicted molar refractivity (Wildman–Crippen MR) is 109 cm³/mol. The Bertz CT molecular complexity index is 1140. The Balaban J connectivity index is 1.93. The van der Waals surface area contributed by atoms with Crippen LogP contribution in [-0.4, -0.2) is 18.2 Å². The first-order valence-electron chi connectivity index (χ1n) is 9.55. The van der Waals surface area contributed by atoms with Gasteiger partial charge in [-0.1, -0.05) is 26.0 Å². The van der Waals surface area contributed by atoms with Crippen LogP contribution < -0.4 is 14.9 Å². The third kappa shape index (κ3) is 3.35. The summed E-state index contributed by atoms with van der Waals surface area (Å²) in [5.41, 5.74) is 1.61. The van der Waals surface area contributed by atoms with E-state index in [-0.39, 0.29) is 46.2 Å². The second-order valence-corrected chi connectivity index (χ2v) is 7.72. The Kier molecular flexibility index (Phi) is 4.78. The molecule has 0 radical (unpaired) electrons. The molecule has 3 aromatic rings. The van der Waals surface area contributed by atoms with Crippen LogP contribution in [0.15, 0.2) is 45.8 Å². The summed E-state index contributed by atoms with van der Waals surface area (Å²) in [5.74, 6) is 0.531. The summed E-state index contributed by atoms with van der Waals surface area (Å²) in [6.45, 7) is 4.14. The van der Waals surface area contributed by atoms with Crippen LogP contribution in [0.2, 0.25) is 0 Å². The van der Waals surface area contributed by atoms with E-state index in [2.05, 4.69) is 13.8 Å². The lowest BCUT2D eigenvalue weighted by Gasteiger charge is -2.26. The molecular formula is C23H22O6. The standard InChI is InChI=1S/C23H22O6/c1-12(2)8-14-9-19(25)29-18-10-17(24)21-22(26)16(11-28-23(21)20(14)18)13-4-6-15(27-3)7-5-13/h4-7,10-12,14,24H,8-9H2,1-3H3/t14-/m1/s1. The monoisotopic (exact) mass is 394 g/mol. The molecule has 0 spiro atoms. The summed E-state index contributed by atoms with van der Waals surface area (Å²) < 4.78 is 16.4. The summed E-state index contributed by atoms with van der Waals surface area (Å²) >= 11 is 0. The maximum Gasteiger partial charge on any atom is 0.311 e. The second kappa shape index (κ2) is 7.28. The van der Waals surface area contributed by atoms with Gasteiger partial charge in [0.1, 0.15) is 34.5 Å². The maximum atomic E-state index is 13.2. The molecule has 0 fully saturated rings. The van der Waals surface area contributed by atoms with Crippen LogP contribution in [0, 0.1) is 5.92 Å². The van der Waals surface area contributed by atoms with Crippen LogP contribution in [0.5, 0.6) is 17.2 Å². The highest BCUT2D eigenvalue weighted by molar-refractivity contribution is 5.93. The molecule has 0 amide bonds. The number of hydrogen-bond donors (Lipinski definition) is 1. The fraction of sp³-hybridized carbons (Fsp3) is 0.304. The Morgan fingerprint density at radius 2 is 1.93 bits per heavy atom. The molecule has 0 unspecified atom stereocenters. The number of esters is 1.